The Kier molecular flexibility index (Phi) is 40.0. The molecule has 0 saturated heterocycles. The quantitative estimate of drug-likeness (QED) is 0.240. The van der Waals surface area contributed by atoms with Gasteiger partial charge >= 0.3 is 119 Å². The molecule has 0 unspecified atom stereocenters. The van der Waals surface area contributed by atoms with Gasteiger partial charge in [0, 0.05) is 0 Å². The predicted molar refractivity (Wildman–Crippen MR) is 46.1 cm³/mol. The van der Waals surface area contributed by atoms with Crippen molar-refractivity contribution in [3.8, 4) is 0 Å². The molecule has 72 valence electrons. The van der Waals surface area contributed by atoms with E-state index in [2.05, 4.69) is 0 Å². The summed E-state index contributed by atoms with van der Waals surface area (Å²) in [4.78, 5) is 30.7. The van der Waals surface area contributed by atoms with Crippen molar-refractivity contribution >= 4 is 89.3 Å². The van der Waals surface area contributed by atoms with Gasteiger partial charge in [0.05, 0.1) is 0 Å². The molecule has 7 nitrogen and oxygen atoms in total. The number of carboxylic acid groups (broad SMARTS) is 1. The minimum Gasteiger partial charge on any atom is -1.00 e. The summed E-state index contributed by atoms with van der Waals surface area (Å²) in [6.45, 7) is -0.778. The molecule has 0 amide bonds. The van der Waals surface area contributed by atoms with Crippen LogP contribution in [0.2, 0.25) is 0 Å². The molecule has 0 aliphatic rings. The van der Waals surface area contributed by atoms with Gasteiger partial charge in [0.25, 0.3) is 0 Å². The second-order valence-corrected chi connectivity index (χ2v) is 2.09. The smallest absolute Gasteiger partial charge is 1.00 e. The van der Waals surface area contributed by atoms with Crippen LogP contribution < -0.4 is 29.6 Å². The van der Waals surface area contributed by atoms with Gasteiger partial charge in [-0.15, -0.1) is 0 Å². The summed E-state index contributed by atoms with van der Waals surface area (Å²) >= 11 is 0. The molecule has 0 heterocycles. The maximum Gasteiger partial charge on any atom is 2.00 e. The van der Waals surface area contributed by atoms with E-state index >= 15 is 0 Å². The van der Waals surface area contributed by atoms with Crippen molar-refractivity contribution in [3.05, 3.63) is 0 Å². The Labute approximate surface area is 164 Å². The van der Waals surface area contributed by atoms with E-state index in [1.165, 1.54) is 0 Å². The fourth-order valence-corrected chi connectivity index (χ4v) is 0. The Balaban J connectivity index is -0.00000000615. The van der Waals surface area contributed by atoms with E-state index in [1.807, 2.05) is 0 Å². The fraction of sp³-hybridized carbons (Fsp3) is 0.500. The van der Waals surface area contributed by atoms with Crippen molar-refractivity contribution in [2.75, 3.05) is 6.61 Å². The summed E-state index contributed by atoms with van der Waals surface area (Å²) in [5.74, 6) is -1.19. The van der Waals surface area contributed by atoms with E-state index in [-0.39, 0.29) is 112 Å². The van der Waals surface area contributed by atoms with Crippen LogP contribution in [0.4, 0.5) is 0 Å². The third-order valence-corrected chi connectivity index (χ3v) is 0.135. The van der Waals surface area contributed by atoms with E-state index in [0.29, 0.717) is 0 Å². The molecule has 0 aliphatic heterocycles. The van der Waals surface area contributed by atoms with Gasteiger partial charge in [-0.05, 0) is 0 Å². The van der Waals surface area contributed by atoms with Gasteiger partial charge in [-0.25, -0.2) is 9.36 Å². The first-order chi connectivity index (χ1) is 4.27. The zero-order chi connectivity index (χ0) is 8.78. The van der Waals surface area contributed by atoms with Crippen LogP contribution in [0, 0.1) is 0 Å². The zero-order valence-corrected chi connectivity index (χ0v) is 14.4. The van der Waals surface area contributed by atoms with Gasteiger partial charge in [-0.1, -0.05) is 0 Å². The number of aliphatic hydroxyl groups excluding tert-OH is 1. The fourth-order valence-electron chi connectivity index (χ4n) is 0. The number of rotatable bonds is 1. The minimum absolute atomic E-state index is 0. The maximum absolute atomic E-state index is 9.12. The number of carboxylic acids is 1. The van der Waals surface area contributed by atoms with E-state index in [1.54, 1.807) is 0 Å². The van der Waals surface area contributed by atoms with E-state index in [4.69, 9.17) is 34.3 Å². The molecule has 5 N–H and O–H groups in total. The maximum atomic E-state index is 9.12. The average Bonchev–Trinajstić information content (AvgIpc) is 1.61. The second kappa shape index (κ2) is 17.5. The Morgan fingerprint density at radius 2 is 1.31 bits per heavy atom. The van der Waals surface area contributed by atoms with Gasteiger partial charge in [-0.3, -0.25) is 0 Å². The molecule has 0 aliphatic carbocycles. The molecule has 0 saturated carbocycles. The standard InChI is InChI=1S/C2H4O3.2Ca.Na.H3O4P.5H/c3-1-2(4)5;;;;1-5(2,3)4;;;;;/h3H,1H2,(H,4,5);;;;(H3,1,2,3,4);;;;;/q;2*+2;+1;;5*-1. The summed E-state index contributed by atoms with van der Waals surface area (Å²) in [5, 5.41) is 15.0. The van der Waals surface area contributed by atoms with Crippen LogP contribution >= 0.6 is 7.82 Å². The van der Waals surface area contributed by atoms with Crippen LogP contribution in [0.5, 0.6) is 0 Å². The summed E-state index contributed by atoms with van der Waals surface area (Å²) < 4.78 is 8.88. The third-order valence-electron chi connectivity index (χ3n) is 0.135. The first kappa shape index (κ1) is 29.8. The van der Waals surface area contributed by atoms with Crippen LogP contribution in [0.15, 0.2) is 0 Å². The average molecular weight is 282 g/mol. The first-order valence-electron chi connectivity index (χ1n) is 1.88. The molecule has 0 bridgehead atoms. The molecule has 13 heavy (non-hydrogen) atoms. The Bertz CT molecular complexity index is 155. The van der Waals surface area contributed by atoms with Crippen LogP contribution in [0.1, 0.15) is 7.13 Å². The van der Waals surface area contributed by atoms with Crippen molar-refractivity contribution in [1.29, 1.82) is 0 Å². The molecule has 0 radical (unpaired) electrons. The van der Waals surface area contributed by atoms with E-state index in [9.17, 15) is 0 Å². The summed E-state index contributed by atoms with van der Waals surface area (Å²) in [5.41, 5.74) is 0. The van der Waals surface area contributed by atoms with E-state index in [0.717, 1.165) is 0 Å². The van der Waals surface area contributed by atoms with Gasteiger partial charge < -0.3 is 32.0 Å². The van der Waals surface area contributed by atoms with Crippen molar-refractivity contribution in [2.24, 2.45) is 0 Å². The predicted octanol–water partition coefficient (Wildman–Crippen LogP) is -5.06. The summed E-state index contributed by atoms with van der Waals surface area (Å²) in [6.07, 6.45) is 0. The van der Waals surface area contributed by atoms with Gasteiger partial charge in [0.1, 0.15) is 6.61 Å². The van der Waals surface area contributed by atoms with E-state index < -0.39 is 20.4 Å². The van der Waals surface area contributed by atoms with Crippen molar-refractivity contribution in [3.63, 3.8) is 0 Å². The van der Waals surface area contributed by atoms with Crippen LogP contribution in [0.3, 0.4) is 0 Å². The number of hydrogen-bond donors (Lipinski definition) is 5. The molecule has 0 aromatic carbocycles. The molecule has 0 atom stereocenters. The topological polar surface area (TPSA) is 135 Å². The molecule has 0 aromatic rings. The molecular formula is C2H12Ca2NaO7P. The molecule has 11 heteroatoms. The van der Waals surface area contributed by atoms with Crippen molar-refractivity contribution in [1.82, 2.24) is 0 Å². The van der Waals surface area contributed by atoms with Crippen molar-refractivity contribution < 1.29 is 70.9 Å². The number of aliphatic carboxylic acids is 1. The van der Waals surface area contributed by atoms with Crippen LogP contribution in [-0.4, -0.2) is 113 Å². The van der Waals surface area contributed by atoms with Gasteiger partial charge in [0.2, 0.25) is 0 Å². The summed E-state index contributed by atoms with van der Waals surface area (Å²) in [6, 6.07) is 0. The Hall–Kier alpha value is 3.06. The normalized spacial score (nSPS) is 7.38. The molecule has 0 spiro atoms. The number of aliphatic hydroxyl groups is 1. The van der Waals surface area contributed by atoms with Crippen LogP contribution in [0.25, 0.3) is 0 Å². The molecule has 0 aromatic heterocycles. The Morgan fingerprint density at radius 1 is 1.23 bits per heavy atom. The summed E-state index contributed by atoms with van der Waals surface area (Å²) in [7, 11) is -4.64. The second-order valence-electron chi connectivity index (χ2n) is 1.07. The first-order valence-corrected chi connectivity index (χ1v) is 3.45. The van der Waals surface area contributed by atoms with Crippen molar-refractivity contribution in [2.45, 2.75) is 0 Å². The number of carbonyl (C=O) groups is 1. The van der Waals surface area contributed by atoms with Gasteiger partial charge in [-0.2, -0.15) is 0 Å². The molecule has 0 fully saturated rings. The number of phosphoric acid groups is 1. The molecular weight excluding hydrogens is 270 g/mol. The van der Waals surface area contributed by atoms with Crippen LogP contribution in [-0.2, 0) is 9.36 Å². The SMILES string of the molecule is O=C(O)CO.O=P(O)(O)O.[Ca+2].[Ca+2].[H-].[H-].[H-].[H-].[H-].[Na+]. The zero-order valence-electron chi connectivity index (χ0n) is 12.1. The largest absolute Gasteiger partial charge is 2.00 e. The number of hydrogen-bond acceptors (Lipinski definition) is 3. The monoisotopic (exact) mass is 282 g/mol. The molecule has 0 rings (SSSR count). The van der Waals surface area contributed by atoms with Gasteiger partial charge in [0.15, 0.2) is 0 Å². The Morgan fingerprint density at radius 3 is 1.31 bits per heavy atom. The third kappa shape index (κ3) is 100. The minimum atomic E-state index is -4.64.